The maximum atomic E-state index is 12.1. The molecule has 1 aromatic carbocycles. The van der Waals surface area contributed by atoms with Crippen molar-refractivity contribution in [2.75, 3.05) is 33.0 Å². The smallest absolute Gasteiger partial charge is 0.338 e. The lowest BCUT2D eigenvalue weighted by Gasteiger charge is -2.10. The largest absolute Gasteiger partial charge is 0.460 e. The Bertz CT molecular complexity index is 1010. The van der Waals surface area contributed by atoms with E-state index in [1.54, 1.807) is 16.7 Å². The van der Waals surface area contributed by atoms with Gasteiger partial charge in [0.2, 0.25) is 5.95 Å². The number of hydrogen-bond donors (Lipinski definition) is 2. The third-order valence-corrected chi connectivity index (χ3v) is 3.87. The molecule has 2 aromatic heterocycles. The first-order chi connectivity index (χ1) is 13.4. The molecule has 2 heterocycles. The van der Waals surface area contributed by atoms with Crippen molar-refractivity contribution in [3.63, 3.8) is 0 Å². The van der Waals surface area contributed by atoms with E-state index in [2.05, 4.69) is 15.0 Å². The molecule has 0 saturated carbocycles. The quantitative estimate of drug-likeness (QED) is 0.425. The predicted molar refractivity (Wildman–Crippen MR) is 103 cm³/mol. The van der Waals surface area contributed by atoms with E-state index in [9.17, 15) is 9.59 Å². The highest BCUT2D eigenvalue weighted by atomic mass is 16.6. The molecule has 0 bridgehead atoms. The molecule has 0 spiro atoms. The van der Waals surface area contributed by atoms with Crippen molar-refractivity contribution in [3.8, 4) is 0 Å². The van der Waals surface area contributed by atoms with Gasteiger partial charge in [0.1, 0.15) is 13.3 Å². The van der Waals surface area contributed by atoms with Gasteiger partial charge in [0.15, 0.2) is 11.2 Å². The number of nitrogens with zero attached hydrogens (tertiary/aromatic N) is 4. The number of aromatic nitrogens is 4. The summed E-state index contributed by atoms with van der Waals surface area (Å²) in [7, 11) is 3.97. The zero-order valence-corrected chi connectivity index (χ0v) is 15.7. The fraction of sp³-hybridized carbons (Fsp3) is 0.333. The molecular formula is C18H22N6O4. The summed E-state index contributed by atoms with van der Waals surface area (Å²) in [4.78, 5) is 36.2. The van der Waals surface area contributed by atoms with Crippen LogP contribution in [0.5, 0.6) is 0 Å². The molecule has 28 heavy (non-hydrogen) atoms. The van der Waals surface area contributed by atoms with Gasteiger partial charge in [-0.05, 0) is 31.8 Å². The SMILES string of the molecule is CN(C)Cc1ccc(C(=O)OCCOCn2cnc3c(=O)[nH]c(N)nc32)cc1. The number of carbonyl (C=O) groups is 1. The number of nitrogens with one attached hydrogen (secondary N) is 1. The number of esters is 1. The number of fused-ring (bicyclic) bond motifs is 1. The summed E-state index contributed by atoms with van der Waals surface area (Å²) in [6, 6.07) is 7.29. The van der Waals surface area contributed by atoms with Gasteiger partial charge >= 0.3 is 5.97 Å². The molecule has 0 amide bonds. The Hall–Kier alpha value is -3.24. The Morgan fingerprint density at radius 3 is 2.71 bits per heavy atom. The molecule has 0 aliphatic heterocycles. The second kappa shape index (κ2) is 8.63. The number of rotatable bonds is 8. The van der Waals surface area contributed by atoms with Gasteiger partial charge in [-0.25, -0.2) is 9.78 Å². The van der Waals surface area contributed by atoms with Gasteiger partial charge in [0, 0.05) is 6.54 Å². The lowest BCUT2D eigenvalue weighted by Crippen LogP contribution is -2.14. The number of nitrogens with two attached hydrogens (primary N) is 1. The van der Waals surface area contributed by atoms with Crippen molar-refractivity contribution < 1.29 is 14.3 Å². The summed E-state index contributed by atoms with van der Waals surface area (Å²) in [5, 5.41) is 0. The predicted octanol–water partition coefficient (Wildman–Crippen LogP) is 0.595. The second-order valence-electron chi connectivity index (χ2n) is 6.45. The van der Waals surface area contributed by atoms with E-state index in [1.807, 2.05) is 31.1 Å². The van der Waals surface area contributed by atoms with Crippen LogP contribution in [0.3, 0.4) is 0 Å². The highest BCUT2D eigenvalue weighted by Crippen LogP contribution is 2.08. The van der Waals surface area contributed by atoms with Gasteiger partial charge in [-0.2, -0.15) is 4.98 Å². The molecule has 0 unspecified atom stereocenters. The van der Waals surface area contributed by atoms with E-state index in [0.29, 0.717) is 11.2 Å². The summed E-state index contributed by atoms with van der Waals surface area (Å²) in [5.74, 6) is -0.404. The Labute approximate surface area is 160 Å². The van der Waals surface area contributed by atoms with Gasteiger partial charge < -0.3 is 20.1 Å². The monoisotopic (exact) mass is 386 g/mol. The second-order valence-corrected chi connectivity index (χ2v) is 6.45. The van der Waals surface area contributed by atoms with E-state index in [4.69, 9.17) is 15.2 Å². The molecule has 148 valence electrons. The Balaban J connectivity index is 1.46. The zero-order valence-electron chi connectivity index (χ0n) is 15.7. The molecular weight excluding hydrogens is 364 g/mol. The fourth-order valence-electron chi connectivity index (χ4n) is 2.62. The first kappa shape index (κ1) is 19.5. The van der Waals surface area contributed by atoms with E-state index >= 15 is 0 Å². The third kappa shape index (κ3) is 4.72. The summed E-state index contributed by atoms with van der Waals surface area (Å²) < 4.78 is 12.2. The molecule has 0 saturated heterocycles. The van der Waals surface area contributed by atoms with Crippen molar-refractivity contribution >= 4 is 23.1 Å². The van der Waals surface area contributed by atoms with Crippen LogP contribution in [0.1, 0.15) is 15.9 Å². The first-order valence-corrected chi connectivity index (χ1v) is 8.63. The topological polar surface area (TPSA) is 128 Å². The number of H-pyrrole nitrogens is 1. The van der Waals surface area contributed by atoms with E-state index in [1.165, 1.54) is 6.33 Å². The van der Waals surface area contributed by atoms with Crippen LogP contribution in [0.15, 0.2) is 35.4 Å². The zero-order chi connectivity index (χ0) is 20.1. The van der Waals surface area contributed by atoms with Crippen molar-refractivity contribution in [3.05, 3.63) is 52.1 Å². The number of aromatic amines is 1. The maximum absolute atomic E-state index is 12.1. The molecule has 3 rings (SSSR count). The van der Waals surface area contributed by atoms with Crippen LogP contribution in [0.2, 0.25) is 0 Å². The molecule has 0 aliphatic rings. The minimum atomic E-state index is -0.410. The number of imidazole rings is 1. The van der Waals surface area contributed by atoms with E-state index in [0.717, 1.165) is 12.1 Å². The standard InChI is InChI=1S/C18H22N6O4/c1-23(2)9-12-3-5-13(6-4-12)17(26)28-8-7-27-11-24-10-20-14-15(24)21-18(19)22-16(14)25/h3-6,10H,7-9,11H2,1-2H3,(H3,19,21,22,25). The molecule has 0 atom stereocenters. The Kier molecular flexibility index (Phi) is 6.02. The molecule has 3 aromatic rings. The molecule has 0 fully saturated rings. The number of hydrogen-bond acceptors (Lipinski definition) is 8. The normalized spacial score (nSPS) is 11.2. The van der Waals surface area contributed by atoms with Crippen molar-refractivity contribution in [1.82, 2.24) is 24.4 Å². The number of ether oxygens (including phenoxy) is 2. The van der Waals surface area contributed by atoms with Crippen LogP contribution < -0.4 is 11.3 Å². The Morgan fingerprint density at radius 1 is 1.25 bits per heavy atom. The minimum Gasteiger partial charge on any atom is -0.460 e. The van der Waals surface area contributed by atoms with Crippen LogP contribution in [0.4, 0.5) is 5.95 Å². The number of anilines is 1. The number of benzene rings is 1. The van der Waals surface area contributed by atoms with Crippen LogP contribution >= 0.6 is 0 Å². The fourth-order valence-corrected chi connectivity index (χ4v) is 2.62. The highest BCUT2D eigenvalue weighted by molar-refractivity contribution is 5.89. The van der Waals surface area contributed by atoms with Gasteiger partial charge in [-0.3, -0.25) is 14.3 Å². The van der Waals surface area contributed by atoms with Crippen molar-refractivity contribution in [2.24, 2.45) is 0 Å². The Morgan fingerprint density at radius 2 is 2.00 bits per heavy atom. The molecule has 10 heteroatoms. The van der Waals surface area contributed by atoms with Gasteiger partial charge in [-0.15, -0.1) is 0 Å². The van der Waals surface area contributed by atoms with Crippen LogP contribution in [-0.2, 0) is 22.7 Å². The summed E-state index contributed by atoms with van der Waals surface area (Å²) in [5.41, 5.74) is 7.25. The number of carbonyl (C=O) groups excluding carboxylic acids is 1. The molecule has 3 N–H and O–H groups in total. The molecule has 0 aliphatic carbocycles. The summed E-state index contributed by atoms with van der Waals surface area (Å²) >= 11 is 0. The lowest BCUT2D eigenvalue weighted by atomic mass is 10.1. The van der Waals surface area contributed by atoms with Gasteiger partial charge in [-0.1, -0.05) is 12.1 Å². The maximum Gasteiger partial charge on any atom is 0.338 e. The highest BCUT2D eigenvalue weighted by Gasteiger charge is 2.10. The first-order valence-electron chi connectivity index (χ1n) is 8.63. The van der Waals surface area contributed by atoms with Crippen LogP contribution in [0.25, 0.3) is 11.2 Å². The van der Waals surface area contributed by atoms with Gasteiger partial charge in [0.25, 0.3) is 5.56 Å². The minimum absolute atomic E-state index is 0.00443. The number of nitrogen functional groups attached to an aromatic ring is 1. The van der Waals surface area contributed by atoms with E-state index < -0.39 is 11.5 Å². The average Bonchev–Trinajstić information content (AvgIpc) is 3.04. The molecule has 10 nitrogen and oxygen atoms in total. The van der Waals surface area contributed by atoms with Crippen LogP contribution in [0, 0.1) is 0 Å². The van der Waals surface area contributed by atoms with Crippen molar-refractivity contribution in [2.45, 2.75) is 13.3 Å². The third-order valence-electron chi connectivity index (χ3n) is 3.87. The van der Waals surface area contributed by atoms with Crippen LogP contribution in [-0.4, -0.2) is 57.7 Å². The molecule has 0 radical (unpaired) electrons. The van der Waals surface area contributed by atoms with Gasteiger partial charge in [0.05, 0.1) is 18.5 Å². The summed E-state index contributed by atoms with van der Waals surface area (Å²) in [6.45, 7) is 1.19. The average molecular weight is 386 g/mol. The summed E-state index contributed by atoms with van der Waals surface area (Å²) in [6.07, 6.45) is 1.44. The lowest BCUT2D eigenvalue weighted by molar-refractivity contribution is 0.0181. The van der Waals surface area contributed by atoms with Crippen molar-refractivity contribution in [1.29, 1.82) is 0 Å². The van der Waals surface area contributed by atoms with E-state index in [-0.39, 0.29) is 31.4 Å².